The fraction of sp³-hybridized carbons (Fsp3) is 0.375. The van der Waals surface area contributed by atoms with Crippen LogP contribution in [0.2, 0.25) is 0 Å². The lowest BCUT2D eigenvalue weighted by atomic mass is 9.93. The zero-order valence-electron chi connectivity index (χ0n) is 11.8. The van der Waals surface area contributed by atoms with Gasteiger partial charge in [-0.25, -0.2) is 4.79 Å². The summed E-state index contributed by atoms with van der Waals surface area (Å²) in [6.07, 6.45) is 3.58. The van der Waals surface area contributed by atoms with Crippen molar-refractivity contribution >= 4 is 18.0 Å². The molecule has 1 fully saturated rings. The summed E-state index contributed by atoms with van der Waals surface area (Å²) >= 11 is 0. The lowest BCUT2D eigenvalue weighted by Gasteiger charge is -2.20. The molecule has 1 aromatic carbocycles. The second kappa shape index (κ2) is 5.49. The number of carboxylic acids is 1. The van der Waals surface area contributed by atoms with Crippen LogP contribution in [0.1, 0.15) is 36.2 Å². The van der Waals surface area contributed by atoms with Crippen molar-refractivity contribution < 1.29 is 14.7 Å². The third-order valence-corrected chi connectivity index (χ3v) is 3.52. The molecule has 1 aliphatic heterocycles. The molecule has 2 rings (SSSR count). The first kappa shape index (κ1) is 14.3. The number of carbonyl (C=O) groups excluding carboxylic acids is 1. The van der Waals surface area contributed by atoms with E-state index in [0.717, 1.165) is 31.1 Å². The summed E-state index contributed by atoms with van der Waals surface area (Å²) < 4.78 is 0. The first-order valence-corrected chi connectivity index (χ1v) is 6.68. The van der Waals surface area contributed by atoms with Crippen LogP contribution in [-0.2, 0) is 4.79 Å². The van der Waals surface area contributed by atoms with E-state index in [9.17, 15) is 9.59 Å². The van der Waals surface area contributed by atoms with Crippen LogP contribution >= 0.6 is 0 Å². The smallest absolute Gasteiger partial charge is 0.328 e. The summed E-state index contributed by atoms with van der Waals surface area (Å²) in [7, 11) is 0. The molecule has 106 valence electrons. The van der Waals surface area contributed by atoms with Crippen LogP contribution in [0.15, 0.2) is 30.3 Å². The number of amides is 1. The molecule has 20 heavy (non-hydrogen) atoms. The summed E-state index contributed by atoms with van der Waals surface area (Å²) in [6, 6.07) is 7.05. The normalized spacial score (nSPS) is 17.6. The van der Waals surface area contributed by atoms with Gasteiger partial charge in [-0.05, 0) is 35.6 Å². The molecule has 0 saturated carbocycles. The Morgan fingerprint density at radius 2 is 2.10 bits per heavy atom. The maximum absolute atomic E-state index is 12.4. The molecule has 0 spiro atoms. The molecular formula is C16H19NO3. The molecule has 1 aromatic rings. The van der Waals surface area contributed by atoms with Crippen molar-refractivity contribution in [2.24, 2.45) is 5.41 Å². The average Bonchev–Trinajstić information content (AvgIpc) is 2.76. The predicted molar refractivity (Wildman–Crippen MR) is 77.4 cm³/mol. The van der Waals surface area contributed by atoms with Gasteiger partial charge in [-0.1, -0.05) is 26.0 Å². The van der Waals surface area contributed by atoms with Crippen molar-refractivity contribution in [2.75, 3.05) is 13.1 Å². The Kier molecular flexibility index (Phi) is 3.93. The fourth-order valence-corrected chi connectivity index (χ4v) is 2.41. The van der Waals surface area contributed by atoms with Gasteiger partial charge < -0.3 is 10.0 Å². The van der Waals surface area contributed by atoms with Gasteiger partial charge in [-0.2, -0.15) is 0 Å². The Morgan fingerprint density at radius 3 is 2.70 bits per heavy atom. The quantitative estimate of drug-likeness (QED) is 0.861. The molecule has 1 saturated heterocycles. The number of hydrogen-bond acceptors (Lipinski definition) is 2. The first-order chi connectivity index (χ1) is 9.37. The largest absolute Gasteiger partial charge is 0.478 e. The molecule has 1 amide bonds. The van der Waals surface area contributed by atoms with Gasteiger partial charge in [-0.3, -0.25) is 4.79 Å². The SMILES string of the molecule is CC1(C)CCN(C(=O)c2cccc(/C=C/C(=O)O)c2)C1. The summed E-state index contributed by atoms with van der Waals surface area (Å²) in [5.74, 6) is -0.982. The molecule has 0 radical (unpaired) electrons. The fourth-order valence-electron chi connectivity index (χ4n) is 2.41. The van der Waals surface area contributed by atoms with E-state index in [2.05, 4.69) is 13.8 Å². The third kappa shape index (κ3) is 3.47. The highest BCUT2D eigenvalue weighted by atomic mass is 16.4. The maximum Gasteiger partial charge on any atom is 0.328 e. The monoisotopic (exact) mass is 273 g/mol. The Hall–Kier alpha value is -2.10. The second-order valence-corrected chi connectivity index (χ2v) is 5.94. The Bertz CT molecular complexity index is 561. The van der Waals surface area contributed by atoms with Gasteiger partial charge in [0.1, 0.15) is 0 Å². The standard InChI is InChI=1S/C16H19NO3/c1-16(2)8-9-17(11-16)15(20)13-5-3-4-12(10-13)6-7-14(18)19/h3-7,10H,8-9,11H2,1-2H3,(H,18,19)/b7-6+. The van der Waals surface area contributed by atoms with Crippen LogP contribution < -0.4 is 0 Å². The van der Waals surface area contributed by atoms with E-state index in [-0.39, 0.29) is 11.3 Å². The Labute approximate surface area is 118 Å². The predicted octanol–water partition coefficient (Wildman–Crippen LogP) is 2.66. The summed E-state index contributed by atoms with van der Waals surface area (Å²) in [4.78, 5) is 24.8. The minimum absolute atomic E-state index is 0.0150. The van der Waals surface area contributed by atoms with E-state index < -0.39 is 5.97 Å². The number of hydrogen-bond donors (Lipinski definition) is 1. The van der Waals surface area contributed by atoms with E-state index in [1.165, 1.54) is 6.08 Å². The summed E-state index contributed by atoms with van der Waals surface area (Å²) in [6.45, 7) is 5.86. The lowest BCUT2D eigenvalue weighted by molar-refractivity contribution is -0.131. The summed E-state index contributed by atoms with van der Waals surface area (Å²) in [5.41, 5.74) is 1.50. The molecular weight excluding hydrogens is 254 g/mol. The zero-order valence-corrected chi connectivity index (χ0v) is 11.8. The van der Waals surface area contributed by atoms with Gasteiger partial charge in [0, 0.05) is 24.7 Å². The number of rotatable bonds is 3. The zero-order chi connectivity index (χ0) is 14.8. The van der Waals surface area contributed by atoms with Crippen molar-refractivity contribution in [3.8, 4) is 0 Å². The van der Waals surface area contributed by atoms with Crippen LogP contribution in [0.25, 0.3) is 6.08 Å². The molecule has 0 atom stereocenters. The minimum Gasteiger partial charge on any atom is -0.478 e. The van der Waals surface area contributed by atoms with Crippen molar-refractivity contribution in [2.45, 2.75) is 20.3 Å². The van der Waals surface area contributed by atoms with Crippen molar-refractivity contribution in [3.05, 3.63) is 41.5 Å². The van der Waals surface area contributed by atoms with Gasteiger partial charge in [0.15, 0.2) is 0 Å². The number of carbonyl (C=O) groups is 2. The molecule has 1 N–H and O–H groups in total. The molecule has 0 unspecified atom stereocenters. The van der Waals surface area contributed by atoms with E-state index in [0.29, 0.717) is 5.56 Å². The molecule has 1 heterocycles. The van der Waals surface area contributed by atoms with E-state index in [1.54, 1.807) is 24.3 Å². The molecule has 0 bridgehead atoms. The van der Waals surface area contributed by atoms with Crippen LogP contribution in [0.5, 0.6) is 0 Å². The number of nitrogens with zero attached hydrogens (tertiary/aromatic N) is 1. The second-order valence-electron chi connectivity index (χ2n) is 5.94. The van der Waals surface area contributed by atoms with E-state index in [1.807, 2.05) is 4.90 Å². The third-order valence-electron chi connectivity index (χ3n) is 3.52. The van der Waals surface area contributed by atoms with Crippen molar-refractivity contribution in [1.29, 1.82) is 0 Å². The molecule has 4 nitrogen and oxygen atoms in total. The highest BCUT2D eigenvalue weighted by Crippen LogP contribution is 2.29. The molecule has 0 aliphatic carbocycles. The Morgan fingerprint density at radius 1 is 1.35 bits per heavy atom. The molecule has 0 aromatic heterocycles. The van der Waals surface area contributed by atoms with Crippen LogP contribution in [0.3, 0.4) is 0 Å². The van der Waals surface area contributed by atoms with E-state index >= 15 is 0 Å². The van der Waals surface area contributed by atoms with Crippen molar-refractivity contribution in [1.82, 2.24) is 4.90 Å². The minimum atomic E-state index is -0.997. The van der Waals surface area contributed by atoms with Gasteiger partial charge in [0.2, 0.25) is 0 Å². The van der Waals surface area contributed by atoms with Crippen LogP contribution in [0, 0.1) is 5.41 Å². The Balaban J connectivity index is 2.15. The van der Waals surface area contributed by atoms with Gasteiger partial charge in [-0.15, -0.1) is 0 Å². The first-order valence-electron chi connectivity index (χ1n) is 6.68. The number of likely N-dealkylation sites (tertiary alicyclic amines) is 1. The molecule has 4 heteroatoms. The number of benzene rings is 1. The van der Waals surface area contributed by atoms with Gasteiger partial charge >= 0.3 is 5.97 Å². The summed E-state index contributed by atoms with van der Waals surface area (Å²) in [5, 5.41) is 8.62. The average molecular weight is 273 g/mol. The van der Waals surface area contributed by atoms with Gasteiger partial charge in [0.05, 0.1) is 0 Å². The highest BCUT2D eigenvalue weighted by molar-refractivity contribution is 5.95. The van der Waals surface area contributed by atoms with Crippen LogP contribution in [0.4, 0.5) is 0 Å². The lowest BCUT2D eigenvalue weighted by Crippen LogP contribution is -2.30. The van der Waals surface area contributed by atoms with E-state index in [4.69, 9.17) is 5.11 Å². The van der Waals surface area contributed by atoms with Crippen molar-refractivity contribution in [3.63, 3.8) is 0 Å². The van der Waals surface area contributed by atoms with Crippen LogP contribution in [-0.4, -0.2) is 35.0 Å². The highest BCUT2D eigenvalue weighted by Gasteiger charge is 2.32. The number of carboxylic acid groups (broad SMARTS) is 1. The molecule has 1 aliphatic rings. The maximum atomic E-state index is 12.4. The van der Waals surface area contributed by atoms with Gasteiger partial charge in [0.25, 0.3) is 5.91 Å². The topological polar surface area (TPSA) is 57.6 Å². The number of aliphatic carboxylic acids is 1.